The molecule has 1 atom stereocenters. The molecule has 8 heteroatoms. The monoisotopic (exact) mass is 295 g/mol. The highest BCUT2D eigenvalue weighted by Gasteiger charge is 2.28. The average molecular weight is 295 g/mol. The predicted octanol–water partition coefficient (Wildman–Crippen LogP) is 2.02. The van der Waals surface area contributed by atoms with Gasteiger partial charge in [-0.05, 0) is 19.4 Å². The first-order chi connectivity index (χ1) is 9.65. The van der Waals surface area contributed by atoms with E-state index in [2.05, 4.69) is 10.2 Å². The van der Waals surface area contributed by atoms with Crippen molar-refractivity contribution < 1.29 is 13.7 Å². The lowest BCUT2D eigenvalue weighted by Crippen LogP contribution is -2.34. The molecule has 1 heterocycles. The maximum atomic E-state index is 13.3. The van der Waals surface area contributed by atoms with Crippen LogP contribution in [-0.2, 0) is 9.31 Å². The van der Waals surface area contributed by atoms with Crippen molar-refractivity contribution in [2.45, 2.75) is 19.4 Å². The first kappa shape index (κ1) is 15.0. The summed E-state index contributed by atoms with van der Waals surface area (Å²) in [5, 5.41) is 7.74. The molecule has 1 aromatic carbocycles. The molecule has 5 nitrogen and oxygen atoms in total. The first-order valence-electron chi connectivity index (χ1n) is 6.20. The maximum absolute atomic E-state index is 13.3. The van der Waals surface area contributed by atoms with Gasteiger partial charge in [-0.1, -0.05) is 29.8 Å². The summed E-state index contributed by atoms with van der Waals surface area (Å²) in [5.74, 6) is -0.356. The fraction of sp³-hybridized carbons (Fsp3) is 0.333. The molecule has 1 aliphatic heterocycles. The third-order valence-electron chi connectivity index (χ3n) is 2.60. The van der Waals surface area contributed by atoms with Gasteiger partial charge in [0, 0.05) is 18.3 Å². The van der Waals surface area contributed by atoms with Crippen LogP contribution in [0.5, 0.6) is 0 Å². The van der Waals surface area contributed by atoms with Crippen LogP contribution in [0.3, 0.4) is 0 Å². The van der Waals surface area contributed by atoms with E-state index in [9.17, 15) is 4.39 Å². The van der Waals surface area contributed by atoms with Gasteiger partial charge in [0.1, 0.15) is 5.82 Å². The topological polar surface area (TPSA) is 69.2 Å². The van der Waals surface area contributed by atoms with E-state index in [1.54, 1.807) is 18.2 Å². The Morgan fingerprint density at radius 3 is 3.10 bits per heavy atom. The van der Waals surface area contributed by atoms with Gasteiger partial charge in [-0.2, -0.15) is 5.10 Å². The molecule has 2 N–H and O–H groups in total. The number of rotatable bonds is 3. The van der Waals surface area contributed by atoms with E-state index in [4.69, 9.17) is 15.0 Å². The highest BCUT2D eigenvalue weighted by molar-refractivity contribution is 8.35. The van der Waals surface area contributed by atoms with Crippen LogP contribution in [0.2, 0.25) is 0 Å². The van der Waals surface area contributed by atoms with Gasteiger partial charge >= 0.3 is 6.40 Å². The maximum Gasteiger partial charge on any atom is 0.539 e. The zero-order chi connectivity index (χ0) is 14.4. The Balaban J connectivity index is 1.89. The van der Waals surface area contributed by atoms with E-state index in [-0.39, 0.29) is 17.1 Å². The van der Waals surface area contributed by atoms with Crippen LogP contribution in [0, 0.1) is 5.82 Å². The molecule has 1 unspecified atom stereocenters. The minimum atomic E-state index is -0.467. The molecule has 2 rings (SSSR count). The third kappa shape index (κ3) is 4.62. The number of halogens is 1. The third-order valence-corrected chi connectivity index (χ3v) is 3.36. The zero-order valence-electron chi connectivity index (χ0n) is 11.0. The first-order valence-corrected chi connectivity index (χ1v) is 7.08. The lowest BCUT2D eigenvalue weighted by Gasteiger charge is -2.24. The Kier molecular flexibility index (Phi) is 5.57. The van der Waals surface area contributed by atoms with Crippen molar-refractivity contribution in [2.24, 2.45) is 15.9 Å². The van der Waals surface area contributed by atoms with E-state index >= 15 is 0 Å². The van der Waals surface area contributed by atoms with Gasteiger partial charge in [-0.3, -0.25) is 0 Å². The largest absolute Gasteiger partial charge is 0.539 e. The van der Waals surface area contributed by atoms with Gasteiger partial charge in [0.15, 0.2) is 5.17 Å². The Hall–Kier alpha value is -1.38. The number of nitrogens with two attached hydrogens (primary N) is 1. The van der Waals surface area contributed by atoms with E-state index in [0.29, 0.717) is 12.2 Å². The molecule has 1 aliphatic rings. The molecule has 0 spiro atoms. The van der Waals surface area contributed by atoms with Crippen LogP contribution in [0.25, 0.3) is 0 Å². The number of nitrogens with zero attached hydrogens (tertiary/aromatic N) is 2. The van der Waals surface area contributed by atoms with Crippen molar-refractivity contribution in [3.8, 4) is 0 Å². The molecular formula is C12H15BFN3O2S. The Bertz CT molecular complexity index is 515. The van der Waals surface area contributed by atoms with Crippen molar-refractivity contribution in [1.29, 1.82) is 0 Å². The predicted molar refractivity (Wildman–Crippen MR) is 80.1 cm³/mol. The minimum absolute atomic E-state index is 0.135. The lowest BCUT2D eigenvalue weighted by molar-refractivity contribution is 0.0920. The van der Waals surface area contributed by atoms with E-state index in [1.807, 2.05) is 6.92 Å². The molecule has 106 valence electrons. The normalized spacial score (nSPS) is 20.6. The number of hydrogen-bond donors (Lipinski definition) is 1. The molecule has 20 heavy (non-hydrogen) atoms. The van der Waals surface area contributed by atoms with E-state index in [1.165, 1.54) is 12.3 Å². The molecule has 1 fully saturated rings. The molecular weight excluding hydrogens is 280 g/mol. The summed E-state index contributed by atoms with van der Waals surface area (Å²) in [7, 11) is 0. The summed E-state index contributed by atoms with van der Waals surface area (Å²) in [5.41, 5.74) is 6.05. The average Bonchev–Trinajstić information content (AvgIpc) is 2.41. The van der Waals surface area contributed by atoms with Crippen molar-refractivity contribution in [3.05, 3.63) is 35.6 Å². The summed E-state index contributed by atoms with van der Waals surface area (Å²) < 4.78 is 24.2. The number of amidine groups is 1. The van der Waals surface area contributed by atoms with Gasteiger partial charge in [0.25, 0.3) is 0 Å². The van der Waals surface area contributed by atoms with Gasteiger partial charge in [0.05, 0.1) is 6.21 Å². The minimum Gasteiger partial charge on any atom is -0.402 e. The van der Waals surface area contributed by atoms with Gasteiger partial charge < -0.3 is 15.0 Å². The van der Waals surface area contributed by atoms with E-state index in [0.717, 1.165) is 18.0 Å². The Labute approximate surface area is 121 Å². The standard InChI is InChI=1S/C12H15BFN3O2S/c1-9-6-7-18-13(19-9)20-12(15)17-16-8-10-4-2-3-5-11(10)14/h2-5,8-9H,6-7H2,1H3,(H2,15,17)/b16-8-. The number of benzene rings is 1. The van der Waals surface area contributed by atoms with Crippen molar-refractivity contribution >= 4 is 29.4 Å². The fourth-order valence-electron chi connectivity index (χ4n) is 1.54. The molecule has 1 saturated heterocycles. The molecule has 0 amide bonds. The summed E-state index contributed by atoms with van der Waals surface area (Å²) in [6.45, 7) is 2.60. The summed E-state index contributed by atoms with van der Waals surface area (Å²) >= 11 is 1.14. The molecule has 0 bridgehead atoms. The summed E-state index contributed by atoms with van der Waals surface area (Å²) in [6.07, 6.45) is 1.84. The number of hydrogen-bond acceptors (Lipinski definition) is 5. The Morgan fingerprint density at radius 2 is 2.35 bits per heavy atom. The van der Waals surface area contributed by atoms with Crippen LogP contribution in [-0.4, -0.2) is 30.5 Å². The second kappa shape index (κ2) is 7.42. The smallest absolute Gasteiger partial charge is 0.402 e. The van der Waals surface area contributed by atoms with Crippen LogP contribution < -0.4 is 5.73 Å². The molecule has 1 aromatic rings. The van der Waals surface area contributed by atoms with Crippen LogP contribution in [0.15, 0.2) is 34.5 Å². The zero-order valence-corrected chi connectivity index (χ0v) is 11.8. The summed E-state index contributed by atoms with van der Waals surface area (Å²) in [4.78, 5) is 0. The second-order valence-electron chi connectivity index (χ2n) is 4.22. The molecule has 0 aliphatic carbocycles. The lowest BCUT2D eigenvalue weighted by atomic mass is 10.2. The Morgan fingerprint density at radius 1 is 1.55 bits per heavy atom. The fourth-order valence-corrected chi connectivity index (χ4v) is 2.24. The van der Waals surface area contributed by atoms with Gasteiger partial charge in [-0.25, -0.2) is 4.39 Å². The molecule has 0 aromatic heterocycles. The highest BCUT2D eigenvalue weighted by Crippen LogP contribution is 2.18. The van der Waals surface area contributed by atoms with Crippen LogP contribution >= 0.6 is 11.6 Å². The van der Waals surface area contributed by atoms with Crippen molar-refractivity contribution in [3.63, 3.8) is 0 Å². The highest BCUT2D eigenvalue weighted by atomic mass is 32.2. The van der Waals surface area contributed by atoms with E-state index < -0.39 is 6.40 Å². The second-order valence-corrected chi connectivity index (χ2v) is 5.26. The van der Waals surface area contributed by atoms with Crippen molar-refractivity contribution in [1.82, 2.24) is 0 Å². The summed E-state index contributed by atoms with van der Waals surface area (Å²) in [6, 6.07) is 6.29. The van der Waals surface area contributed by atoms with Crippen molar-refractivity contribution in [2.75, 3.05) is 6.61 Å². The molecule has 0 radical (unpaired) electrons. The van der Waals surface area contributed by atoms with Crippen LogP contribution in [0.1, 0.15) is 18.9 Å². The van der Waals surface area contributed by atoms with Gasteiger partial charge in [0.2, 0.25) is 0 Å². The van der Waals surface area contributed by atoms with Crippen LogP contribution in [0.4, 0.5) is 4.39 Å². The SMILES string of the molecule is CC1CCOB(S/C(N)=N\N=C/c2ccccc2F)O1. The molecule has 0 saturated carbocycles. The quantitative estimate of drug-likeness (QED) is 0.401. The van der Waals surface area contributed by atoms with Gasteiger partial charge in [-0.15, -0.1) is 5.10 Å².